The monoisotopic (exact) mass is 466 g/mol. The van der Waals surface area contributed by atoms with Crippen LogP contribution in [0.4, 0.5) is 10.1 Å². The average Bonchev–Trinajstić information content (AvgIpc) is 3.39. The summed E-state index contributed by atoms with van der Waals surface area (Å²) in [6.07, 6.45) is 1.17. The number of hydrogen-bond donors (Lipinski definition) is 1. The summed E-state index contributed by atoms with van der Waals surface area (Å²) in [7, 11) is -3.90. The first-order valence-corrected chi connectivity index (χ1v) is 11.7. The van der Waals surface area contributed by atoms with Gasteiger partial charge in [0.25, 0.3) is 5.91 Å². The second-order valence-corrected chi connectivity index (χ2v) is 9.97. The Balaban J connectivity index is 1.55. The lowest BCUT2D eigenvalue weighted by Gasteiger charge is -2.22. The molecule has 0 unspecified atom stereocenters. The third kappa shape index (κ3) is 4.22. The van der Waals surface area contributed by atoms with E-state index >= 15 is 0 Å². The van der Waals surface area contributed by atoms with Crippen molar-refractivity contribution in [3.8, 4) is 0 Å². The number of amides is 1. The predicted octanol–water partition coefficient (Wildman–Crippen LogP) is 4.11. The Hall–Kier alpha value is -2.40. The van der Waals surface area contributed by atoms with Crippen LogP contribution in [-0.4, -0.2) is 35.4 Å². The van der Waals surface area contributed by atoms with Crippen LogP contribution in [0, 0.1) is 5.82 Å². The number of nitrogens with one attached hydrogen (secondary N) is 1. The Morgan fingerprint density at radius 1 is 1.20 bits per heavy atom. The molecule has 0 aliphatic carbocycles. The van der Waals surface area contributed by atoms with Crippen molar-refractivity contribution in [3.63, 3.8) is 0 Å². The average molecular weight is 467 g/mol. The molecule has 2 heterocycles. The van der Waals surface area contributed by atoms with Crippen molar-refractivity contribution < 1.29 is 17.6 Å². The maximum absolute atomic E-state index is 13.5. The van der Waals surface area contributed by atoms with Gasteiger partial charge in [-0.2, -0.15) is 4.31 Å². The summed E-state index contributed by atoms with van der Waals surface area (Å²) < 4.78 is 40.8. The zero-order chi connectivity index (χ0) is 21.3. The summed E-state index contributed by atoms with van der Waals surface area (Å²) in [6.45, 7) is 0.287. The number of aromatic nitrogens is 2. The highest BCUT2D eigenvalue weighted by molar-refractivity contribution is 7.89. The second kappa shape index (κ2) is 8.38. The maximum Gasteiger partial charge on any atom is 0.286 e. The molecule has 7 nitrogen and oxygen atoms in total. The molecule has 11 heteroatoms. The van der Waals surface area contributed by atoms with E-state index in [1.807, 2.05) is 0 Å². The molecule has 2 aromatic carbocycles. The molecule has 4 rings (SSSR count). The first-order chi connectivity index (χ1) is 14.3. The number of halogens is 2. The van der Waals surface area contributed by atoms with Gasteiger partial charge in [0.2, 0.25) is 15.0 Å². The lowest BCUT2D eigenvalue weighted by molar-refractivity contribution is 0.102. The molecule has 0 saturated carbocycles. The summed E-state index contributed by atoms with van der Waals surface area (Å²) in [4.78, 5) is 12.3. The van der Waals surface area contributed by atoms with Crippen LogP contribution in [0.2, 0.25) is 5.02 Å². The van der Waals surface area contributed by atoms with E-state index in [2.05, 4.69) is 15.5 Å². The Labute approximate surface area is 181 Å². The number of carbonyl (C=O) groups excluding carboxylic acids is 1. The highest BCUT2D eigenvalue weighted by Crippen LogP contribution is 2.37. The fourth-order valence-electron chi connectivity index (χ4n) is 3.22. The van der Waals surface area contributed by atoms with Gasteiger partial charge in [0.15, 0.2) is 0 Å². The molecule has 1 fully saturated rings. The van der Waals surface area contributed by atoms with E-state index in [1.54, 1.807) is 24.3 Å². The molecule has 0 radical (unpaired) electrons. The molecular weight excluding hydrogens is 451 g/mol. The quantitative estimate of drug-likeness (QED) is 0.611. The van der Waals surface area contributed by atoms with Crippen LogP contribution in [0.5, 0.6) is 0 Å². The van der Waals surface area contributed by atoms with Gasteiger partial charge in [-0.05, 0) is 55.3 Å². The Kier molecular flexibility index (Phi) is 5.83. The number of nitrogens with zero attached hydrogens (tertiary/aromatic N) is 3. The topological polar surface area (TPSA) is 92.3 Å². The summed E-state index contributed by atoms with van der Waals surface area (Å²) >= 11 is 6.88. The third-order valence-corrected chi connectivity index (χ3v) is 7.81. The Bertz CT molecular complexity index is 1180. The van der Waals surface area contributed by atoms with Crippen LogP contribution in [0.3, 0.4) is 0 Å². The molecule has 0 bridgehead atoms. The fourth-order valence-corrected chi connectivity index (χ4v) is 5.99. The standard InChI is InChI=1S/C19H16ClFN4O3S2/c20-12-6-8-14(9-7-12)22-17(26)19-24-23-18(29-19)16-5-2-10-25(16)30(27,28)15-4-1-3-13(21)11-15/h1,3-4,6-9,11,16H,2,5,10H2,(H,22,26)/t16-/m1/s1. The van der Waals surface area contributed by atoms with Gasteiger partial charge in [-0.3, -0.25) is 4.79 Å². The predicted molar refractivity (Wildman–Crippen MR) is 112 cm³/mol. The van der Waals surface area contributed by atoms with Crippen LogP contribution >= 0.6 is 22.9 Å². The normalized spacial score (nSPS) is 17.2. The van der Waals surface area contributed by atoms with Gasteiger partial charge in [0.05, 0.1) is 10.9 Å². The second-order valence-electron chi connectivity index (χ2n) is 6.64. The van der Waals surface area contributed by atoms with Crippen molar-refractivity contribution in [1.82, 2.24) is 14.5 Å². The molecule has 1 amide bonds. The maximum atomic E-state index is 13.5. The van der Waals surface area contributed by atoms with Crippen LogP contribution < -0.4 is 5.32 Å². The largest absolute Gasteiger partial charge is 0.320 e. The van der Waals surface area contributed by atoms with E-state index in [0.717, 1.165) is 17.4 Å². The van der Waals surface area contributed by atoms with Gasteiger partial charge >= 0.3 is 0 Å². The van der Waals surface area contributed by atoms with Gasteiger partial charge < -0.3 is 5.32 Å². The van der Waals surface area contributed by atoms with E-state index in [4.69, 9.17) is 11.6 Å². The summed E-state index contributed by atoms with van der Waals surface area (Å²) in [6, 6.07) is 11.0. The zero-order valence-electron chi connectivity index (χ0n) is 15.5. The van der Waals surface area contributed by atoms with Crippen LogP contribution in [0.25, 0.3) is 0 Å². The van der Waals surface area contributed by atoms with Gasteiger partial charge in [-0.15, -0.1) is 10.2 Å². The molecule has 1 saturated heterocycles. The van der Waals surface area contributed by atoms with Crippen LogP contribution in [0.1, 0.15) is 33.7 Å². The lowest BCUT2D eigenvalue weighted by Crippen LogP contribution is -2.30. The van der Waals surface area contributed by atoms with E-state index in [1.165, 1.54) is 22.5 Å². The van der Waals surface area contributed by atoms with Crippen LogP contribution in [-0.2, 0) is 10.0 Å². The van der Waals surface area contributed by atoms with E-state index in [9.17, 15) is 17.6 Å². The summed E-state index contributed by atoms with van der Waals surface area (Å²) in [5.74, 6) is -1.07. The number of rotatable bonds is 5. The van der Waals surface area contributed by atoms with Crippen molar-refractivity contribution in [1.29, 1.82) is 0 Å². The smallest absolute Gasteiger partial charge is 0.286 e. The van der Waals surface area contributed by atoms with Gasteiger partial charge in [-0.25, -0.2) is 12.8 Å². The molecule has 0 spiro atoms. The molecule has 1 aliphatic rings. The Morgan fingerprint density at radius 3 is 2.70 bits per heavy atom. The van der Waals surface area contributed by atoms with Gasteiger partial charge in [0.1, 0.15) is 10.8 Å². The number of benzene rings is 2. The third-order valence-electron chi connectivity index (χ3n) is 4.63. The molecule has 156 valence electrons. The summed E-state index contributed by atoms with van der Waals surface area (Å²) in [5.41, 5.74) is 0.553. The van der Waals surface area contributed by atoms with Gasteiger partial charge in [0, 0.05) is 17.3 Å². The molecule has 1 aromatic heterocycles. The van der Waals surface area contributed by atoms with Crippen molar-refractivity contribution in [2.75, 3.05) is 11.9 Å². The molecule has 30 heavy (non-hydrogen) atoms. The zero-order valence-corrected chi connectivity index (χ0v) is 17.8. The minimum absolute atomic E-state index is 0.111. The number of hydrogen-bond acceptors (Lipinski definition) is 6. The summed E-state index contributed by atoms with van der Waals surface area (Å²) in [5, 5.41) is 11.8. The highest BCUT2D eigenvalue weighted by Gasteiger charge is 2.38. The first-order valence-electron chi connectivity index (χ1n) is 9.02. The number of sulfonamides is 1. The van der Waals surface area contributed by atoms with Crippen molar-refractivity contribution in [2.45, 2.75) is 23.8 Å². The van der Waals surface area contributed by atoms with Crippen molar-refractivity contribution in [2.24, 2.45) is 0 Å². The van der Waals surface area contributed by atoms with E-state index < -0.39 is 27.8 Å². The minimum atomic E-state index is -3.90. The van der Waals surface area contributed by atoms with Crippen molar-refractivity contribution >= 4 is 44.6 Å². The molecule has 1 N–H and O–H groups in total. The van der Waals surface area contributed by atoms with Gasteiger partial charge in [-0.1, -0.05) is 29.0 Å². The van der Waals surface area contributed by atoms with E-state index in [0.29, 0.717) is 28.6 Å². The number of anilines is 1. The Morgan fingerprint density at radius 2 is 1.97 bits per heavy atom. The highest BCUT2D eigenvalue weighted by atomic mass is 35.5. The van der Waals surface area contributed by atoms with E-state index in [-0.39, 0.29) is 16.4 Å². The molecule has 1 atom stereocenters. The first kappa shape index (κ1) is 20.9. The number of carbonyl (C=O) groups is 1. The molecule has 1 aliphatic heterocycles. The molecule has 3 aromatic rings. The van der Waals surface area contributed by atoms with Crippen molar-refractivity contribution in [3.05, 3.63) is 69.4 Å². The fraction of sp³-hybridized carbons (Fsp3) is 0.211. The molecular formula is C19H16ClFN4O3S2. The minimum Gasteiger partial charge on any atom is -0.320 e. The SMILES string of the molecule is O=C(Nc1ccc(Cl)cc1)c1nnc([C@H]2CCCN2S(=O)(=O)c2cccc(F)c2)s1. The lowest BCUT2D eigenvalue weighted by atomic mass is 10.2. The van der Waals surface area contributed by atoms with Crippen LogP contribution in [0.15, 0.2) is 53.4 Å².